The van der Waals surface area contributed by atoms with Gasteiger partial charge in [-0.25, -0.2) is 0 Å². The first kappa shape index (κ1) is 27.8. The highest BCUT2D eigenvalue weighted by molar-refractivity contribution is 4.93. The maximum absolute atomic E-state index is 10.0. The third-order valence-electron chi connectivity index (χ3n) is 6.76. The van der Waals surface area contributed by atoms with E-state index in [2.05, 4.69) is 6.92 Å². The SMILES string of the molecule is CCCCCCCCCCCCCCCCCCCN1C[C@H](O)[C@@H](O)[C@H](O)[C@H]1CO. The lowest BCUT2D eigenvalue weighted by Crippen LogP contribution is -2.62. The number of unbranched alkanes of at least 4 members (excludes halogenated alkanes) is 16. The van der Waals surface area contributed by atoms with Crippen LogP contribution in [0.3, 0.4) is 0 Å². The molecule has 0 saturated carbocycles. The highest BCUT2D eigenvalue weighted by Gasteiger charge is 2.40. The number of β-amino-alcohol motifs (C(OH)–C–C–N with tert-alkyl or cyclic N) is 1. The Labute approximate surface area is 185 Å². The maximum atomic E-state index is 10.0. The number of hydrogen-bond donors (Lipinski definition) is 4. The van der Waals surface area contributed by atoms with Crippen molar-refractivity contribution in [3.63, 3.8) is 0 Å². The first-order valence-corrected chi connectivity index (χ1v) is 13.0. The summed E-state index contributed by atoms with van der Waals surface area (Å²) in [5, 5.41) is 39.1. The maximum Gasteiger partial charge on any atom is 0.109 e. The highest BCUT2D eigenvalue weighted by Crippen LogP contribution is 2.20. The number of hydrogen-bond acceptors (Lipinski definition) is 5. The molecular formula is C25H51NO4. The van der Waals surface area contributed by atoms with Gasteiger partial charge in [-0.3, -0.25) is 4.90 Å². The molecule has 1 aliphatic rings. The van der Waals surface area contributed by atoms with Gasteiger partial charge in [0.25, 0.3) is 0 Å². The molecule has 0 amide bonds. The minimum absolute atomic E-state index is 0.191. The summed E-state index contributed by atoms with van der Waals surface area (Å²) in [5.74, 6) is 0. The molecule has 0 radical (unpaired) electrons. The smallest absolute Gasteiger partial charge is 0.109 e. The third kappa shape index (κ3) is 12.0. The van der Waals surface area contributed by atoms with Crippen molar-refractivity contribution in [2.24, 2.45) is 0 Å². The summed E-state index contributed by atoms with van der Waals surface area (Å²) in [7, 11) is 0. The second-order valence-corrected chi connectivity index (χ2v) is 9.45. The van der Waals surface area contributed by atoms with E-state index >= 15 is 0 Å². The lowest BCUT2D eigenvalue weighted by atomic mass is 9.94. The summed E-state index contributed by atoms with van der Waals surface area (Å²) in [5.41, 5.74) is 0. The molecule has 0 unspecified atom stereocenters. The molecule has 4 N–H and O–H groups in total. The van der Waals surface area contributed by atoms with Crippen LogP contribution in [-0.4, -0.2) is 69.4 Å². The lowest BCUT2D eigenvalue weighted by Gasteiger charge is -2.43. The fraction of sp³-hybridized carbons (Fsp3) is 1.00. The molecule has 5 heteroatoms. The number of nitrogens with zero attached hydrogens (tertiary/aromatic N) is 1. The predicted molar refractivity (Wildman–Crippen MR) is 125 cm³/mol. The van der Waals surface area contributed by atoms with Crippen molar-refractivity contribution in [2.45, 2.75) is 140 Å². The van der Waals surface area contributed by atoms with Crippen LogP contribution in [0, 0.1) is 0 Å². The molecule has 0 aliphatic carbocycles. The molecule has 0 bridgehead atoms. The summed E-state index contributed by atoms with van der Waals surface area (Å²) < 4.78 is 0. The van der Waals surface area contributed by atoms with Crippen molar-refractivity contribution in [1.82, 2.24) is 4.90 Å². The molecular weight excluding hydrogens is 378 g/mol. The van der Waals surface area contributed by atoms with Gasteiger partial charge >= 0.3 is 0 Å². The summed E-state index contributed by atoms with van der Waals surface area (Å²) in [6.45, 7) is 3.16. The van der Waals surface area contributed by atoms with Crippen molar-refractivity contribution in [2.75, 3.05) is 19.7 Å². The molecule has 1 saturated heterocycles. The number of aliphatic hydroxyl groups is 4. The molecule has 1 fully saturated rings. The van der Waals surface area contributed by atoms with Gasteiger partial charge in [-0.15, -0.1) is 0 Å². The van der Waals surface area contributed by atoms with Crippen molar-refractivity contribution in [3.8, 4) is 0 Å². The Hall–Kier alpha value is -0.200. The van der Waals surface area contributed by atoms with E-state index in [4.69, 9.17) is 0 Å². The zero-order valence-electron chi connectivity index (χ0n) is 19.7. The Morgan fingerprint density at radius 3 is 1.40 bits per heavy atom. The Morgan fingerprint density at radius 1 is 0.600 bits per heavy atom. The van der Waals surface area contributed by atoms with Gasteiger partial charge in [0.2, 0.25) is 0 Å². The van der Waals surface area contributed by atoms with E-state index in [1.54, 1.807) is 0 Å². The van der Waals surface area contributed by atoms with Crippen molar-refractivity contribution < 1.29 is 20.4 Å². The van der Waals surface area contributed by atoms with E-state index in [9.17, 15) is 20.4 Å². The van der Waals surface area contributed by atoms with Crippen molar-refractivity contribution in [3.05, 3.63) is 0 Å². The van der Waals surface area contributed by atoms with Crippen LogP contribution in [0.25, 0.3) is 0 Å². The van der Waals surface area contributed by atoms with Crippen LogP contribution in [0.2, 0.25) is 0 Å². The third-order valence-corrected chi connectivity index (χ3v) is 6.76. The fourth-order valence-electron chi connectivity index (χ4n) is 4.68. The zero-order valence-corrected chi connectivity index (χ0v) is 19.7. The molecule has 180 valence electrons. The first-order chi connectivity index (χ1) is 14.6. The van der Waals surface area contributed by atoms with Crippen LogP contribution in [0.4, 0.5) is 0 Å². The van der Waals surface area contributed by atoms with E-state index in [1.807, 2.05) is 4.90 Å². The lowest BCUT2D eigenvalue weighted by molar-refractivity contribution is -0.145. The van der Waals surface area contributed by atoms with E-state index in [0.717, 1.165) is 19.4 Å². The van der Waals surface area contributed by atoms with Crippen LogP contribution in [-0.2, 0) is 0 Å². The second kappa shape index (κ2) is 18.4. The number of rotatable bonds is 19. The Bertz CT molecular complexity index is 382. The summed E-state index contributed by atoms with van der Waals surface area (Å²) >= 11 is 0. The van der Waals surface area contributed by atoms with Gasteiger partial charge in [0.15, 0.2) is 0 Å². The first-order valence-electron chi connectivity index (χ1n) is 13.0. The highest BCUT2D eigenvalue weighted by atomic mass is 16.4. The predicted octanol–water partition coefficient (Wildman–Crippen LogP) is 4.40. The van der Waals surface area contributed by atoms with Crippen molar-refractivity contribution in [1.29, 1.82) is 0 Å². The number of likely N-dealkylation sites (tertiary alicyclic amines) is 1. The van der Waals surface area contributed by atoms with Gasteiger partial charge in [0.1, 0.15) is 12.2 Å². The van der Waals surface area contributed by atoms with E-state index in [-0.39, 0.29) is 6.61 Å². The monoisotopic (exact) mass is 429 g/mol. The summed E-state index contributed by atoms with van der Waals surface area (Å²) in [6, 6.07) is -0.468. The van der Waals surface area contributed by atoms with Crippen LogP contribution in [0.5, 0.6) is 0 Å². The Morgan fingerprint density at radius 2 is 1.00 bits per heavy atom. The molecule has 0 aromatic rings. The standard InChI is InChI=1S/C25H51NO4/c1-2-3-4-5-6-7-8-9-10-11-12-13-14-15-16-17-18-19-26-20-23(28)25(30)24(29)22(26)21-27/h22-25,27-30H,2-21H2,1H3/t22-,23+,24-,25-/m1/s1. The van der Waals surface area contributed by atoms with Crippen LogP contribution >= 0.6 is 0 Å². The van der Waals surface area contributed by atoms with Gasteiger partial charge in [0, 0.05) is 6.54 Å². The molecule has 5 nitrogen and oxygen atoms in total. The van der Waals surface area contributed by atoms with Gasteiger partial charge < -0.3 is 20.4 Å². The number of piperidine rings is 1. The van der Waals surface area contributed by atoms with Gasteiger partial charge in [-0.1, -0.05) is 110 Å². The minimum Gasteiger partial charge on any atom is -0.395 e. The van der Waals surface area contributed by atoms with Crippen LogP contribution in [0.15, 0.2) is 0 Å². The average Bonchev–Trinajstić information content (AvgIpc) is 2.74. The summed E-state index contributed by atoms with van der Waals surface area (Å²) in [4.78, 5) is 1.92. The zero-order chi connectivity index (χ0) is 22.0. The van der Waals surface area contributed by atoms with Crippen molar-refractivity contribution >= 4 is 0 Å². The average molecular weight is 430 g/mol. The topological polar surface area (TPSA) is 84.2 Å². The molecule has 1 aliphatic heterocycles. The minimum atomic E-state index is -1.16. The van der Waals surface area contributed by atoms with E-state index in [0.29, 0.717) is 6.54 Å². The quantitative estimate of drug-likeness (QED) is 0.229. The van der Waals surface area contributed by atoms with Crippen LogP contribution in [0.1, 0.15) is 116 Å². The molecule has 0 aromatic carbocycles. The van der Waals surface area contributed by atoms with Gasteiger partial charge in [-0.05, 0) is 13.0 Å². The molecule has 30 heavy (non-hydrogen) atoms. The van der Waals surface area contributed by atoms with Crippen LogP contribution < -0.4 is 0 Å². The Kier molecular flexibility index (Phi) is 17.1. The van der Waals surface area contributed by atoms with E-state index < -0.39 is 24.4 Å². The van der Waals surface area contributed by atoms with Gasteiger partial charge in [-0.2, -0.15) is 0 Å². The normalized spacial score (nSPS) is 25.1. The molecule has 1 heterocycles. The molecule has 4 atom stereocenters. The Balaban J connectivity index is 1.86. The molecule has 0 spiro atoms. The molecule has 0 aromatic heterocycles. The second-order valence-electron chi connectivity index (χ2n) is 9.45. The number of aliphatic hydroxyl groups excluding tert-OH is 4. The largest absolute Gasteiger partial charge is 0.395 e. The van der Waals surface area contributed by atoms with E-state index in [1.165, 1.54) is 96.3 Å². The van der Waals surface area contributed by atoms with Gasteiger partial charge in [0.05, 0.1) is 18.8 Å². The molecule has 1 rings (SSSR count). The summed E-state index contributed by atoms with van der Waals surface area (Å²) in [6.07, 6.45) is 19.6. The fourth-order valence-corrected chi connectivity index (χ4v) is 4.68.